The van der Waals surface area contributed by atoms with Crippen LogP contribution in [0.15, 0.2) is 18.2 Å². The topological polar surface area (TPSA) is 24.5 Å². The second-order valence-corrected chi connectivity index (χ2v) is 7.02. The zero-order valence-corrected chi connectivity index (χ0v) is 15.4. The average Bonchev–Trinajstić information content (AvgIpc) is 2.86. The number of halogens is 2. The highest BCUT2D eigenvalue weighted by atomic mass is 35.5. The monoisotopic (exact) mass is 346 g/mol. The van der Waals surface area contributed by atoms with Crippen molar-refractivity contribution in [2.24, 2.45) is 5.41 Å². The van der Waals surface area contributed by atoms with Gasteiger partial charge in [0.05, 0.1) is 6.61 Å². The van der Waals surface area contributed by atoms with Crippen LogP contribution in [0.3, 0.4) is 0 Å². The lowest BCUT2D eigenvalue weighted by Crippen LogP contribution is -2.48. The summed E-state index contributed by atoms with van der Waals surface area (Å²) in [5.74, 6) is 1.08. The van der Waals surface area contributed by atoms with Crippen LogP contribution in [0.25, 0.3) is 0 Å². The van der Waals surface area contributed by atoms with Gasteiger partial charge in [-0.25, -0.2) is 0 Å². The molecule has 0 saturated carbocycles. The molecule has 2 aliphatic heterocycles. The van der Waals surface area contributed by atoms with E-state index in [1.54, 1.807) is 0 Å². The molecule has 1 fully saturated rings. The highest BCUT2D eigenvalue weighted by molar-refractivity contribution is 5.85. The molecule has 0 bridgehead atoms. The van der Waals surface area contributed by atoms with Gasteiger partial charge in [0.1, 0.15) is 5.75 Å². The zero-order chi connectivity index (χ0) is 14.2. The van der Waals surface area contributed by atoms with E-state index in [2.05, 4.69) is 49.2 Å². The van der Waals surface area contributed by atoms with Crippen LogP contribution in [0.1, 0.15) is 37.9 Å². The third-order valence-corrected chi connectivity index (χ3v) is 4.37. The number of fused-ring (bicyclic) bond motifs is 1. The van der Waals surface area contributed by atoms with Crippen molar-refractivity contribution in [3.63, 3.8) is 0 Å². The van der Waals surface area contributed by atoms with Gasteiger partial charge in [0.15, 0.2) is 0 Å². The normalized spacial score (nSPS) is 19.4. The average molecular weight is 347 g/mol. The van der Waals surface area contributed by atoms with Crippen LogP contribution in [0.5, 0.6) is 5.75 Å². The van der Waals surface area contributed by atoms with Gasteiger partial charge >= 0.3 is 0 Å². The van der Waals surface area contributed by atoms with Gasteiger partial charge < -0.3 is 10.1 Å². The Labute approximate surface area is 146 Å². The van der Waals surface area contributed by atoms with Gasteiger partial charge in [-0.15, -0.1) is 24.8 Å². The van der Waals surface area contributed by atoms with Crippen molar-refractivity contribution in [3.05, 3.63) is 29.3 Å². The Bertz CT molecular complexity index is 482. The lowest BCUT2D eigenvalue weighted by molar-refractivity contribution is 0.0862. The first-order valence-corrected chi connectivity index (χ1v) is 7.76. The molecule has 2 aliphatic rings. The van der Waals surface area contributed by atoms with E-state index in [1.165, 1.54) is 11.1 Å². The predicted molar refractivity (Wildman–Crippen MR) is 96.8 cm³/mol. The number of benzene rings is 1. The highest BCUT2D eigenvalue weighted by Gasteiger charge is 2.33. The van der Waals surface area contributed by atoms with Gasteiger partial charge in [-0.2, -0.15) is 0 Å². The molecule has 2 heterocycles. The first-order chi connectivity index (χ1) is 9.55. The molecule has 3 nitrogen and oxygen atoms in total. The molecule has 0 aliphatic carbocycles. The molecule has 0 radical (unpaired) electrons. The largest absolute Gasteiger partial charge is 0.493 e. The first-order valence-electron chi connectivity index (χ1n) is 7.76. The fourth-order valence-electron chi connectivity index (χ4n) is 3.58. The van der Waals surface area contributed by atoms with Crippen LogP contribution in [-0.2, 0) is 6.42 Å². The van der Waals surface area contributed by atoms with Crippen LogP contribution in [0.4, 0.5) is 0 Å². The van der Waals surface area contributed by atoms with Crippen LogP contribution < -0.4 is 10.1 Å². The van der Waals surface area contributed by atoms with Crippen LogP contribution in [0.2, 0.25) is 0 Å². The van der Waals surface area contributed by atoms with E-state index in [0.29, 0.717) is 6.04 Å². The third-order valence-electron chi connectivity index (χ3n) is 4.37. The third kappa shape index (κ3) is 4.08. The number of hydrogen-bond donors (Lipinski definition) is 1. The van der Waals surface area contributed by atoms with E-state index >= 15 is 0 Å². The quantitative estimate of drug-likeness (QED) is 0.887. The van der Waals surface area contributed by atoms with Crippen molar-refractivity contribution in [1.82, 2.24) is 10.2 Å². The Balaban J connectivity index is 0.00000121. The molecular formula is C17H28Cl2N2O. The molecule has 0 unspecified atom stereocenters. The molecular weight excluding hydrogens is 319 g/mol. The van der Waals surface area contributed by atoms with Crippen molar-refractivity contribution in [1.29, 1.82) is 0 Å². The minimum Gasteiger partial charge on any atom is -0.493 e. The van der Waals surface area contributed by atoms with Crippen LogP contribution in [0, 0.1) is 5.41 Å². The lowest BCUT2D eigenvalue weighted by Gasteiger charge is -2.42. The van der Waals surface area contributed by atoms with Gasteiger partial charge in [-0.05, 0) is 22.6 Å². The van der Waals surface area contributed by atoms with E-state index in [4.69, 9.17) is 4.74 Å². The summed E-state index contributed by atoms with van der Waals surface area (Å²) in [5, 5.41) is 3.45. The number of piperazine rings is 1. The fourth-order valence-corrected chi connectivity index (χ4v) is 3.58. The van der Waals surface area contributed by atoms with E-state index in [1.807, 2.05) is 0 Å². The van der Waals surface area contributed by atoms with Gasteiger partial charge in [-0.1, -0.05) is 32.9 Å². The molecule has 0 amide bonds. The van der Waals surface area contributed by atoms with Crippen molar-refractivity contribution in [2.45, 2.75) is 33.2 Å². The van der Waals surface area contributed by atoms with Crippen molar-refractivity contribution in [3.8, 4) is 5.75 Å². The molecule has 3 rings (SSSR count). The number of rotatable bonds is 2. The van der Waals surface area contributed by atoms with Crippen LogP contribution in [-0.4, -0.2) is 37.7 Å². The first kappa shape index (κ1) is 19.6. The SMILES string of the molecule is CC(C)(C)[C@@H](c1ccc2c(c1)CCO2)N1CCNCC1.Cl.Cl. The summed E-state index contributed by atoms with van der Waals surface area (Å²) < 4.78 is 5.64. The van der Waals surface area contributed by atoms with Gasteiger partial charge in [0.25, 0.3) is 0 Å². The van der Waals surface area contributed by atoms with Crippen molar-refractivity contribution in [2.75, 3.05) is 32.8 Å². The number of nitrogens with one attached hydrogen (secondary N) is 1. The molecule has 126 valence electrons. The Hall–Kier alpha value is -0.480. The van der Waals surface area contributed by atoms with Gasteiger partial charge in [0, 0.05) is 38.6 Å². The Kier molecular flexibility index (Phi) is 7.00. The maximum absolute atomic E-state index is 5.64. The molecule has 0 spiro atoms. The Morgan fingerprint density at radius 1 is 1.14 bits per heavy atom. The van der Waals surface area contributed by atoms with Gasteiger partial charge in [-0.3, -0.25) is 4.90 Å². The number of nitrogens with zero attached hydrogens (tertiary/aromatic N) is 1. The summed E-state index contributed by atoms with van der Waals surface area (Å²) in [6, 6.07) is 7.29. The minimum absolute atomic E-state index is 0. The standard InChI is InChI=1S/C17H26N2O.2ClH/c1-17(2,3)16(19-9-7-18-8-10-19)14-4-5-15-13(12-14)6-11-20-15;;/h4-5,12,16,18H,6-11H2,1-3H3;2*1H/t16-;;/m1../s1. The molecule has 1 atom stereocenters. The summed E-state index contributed by atoms with van der Waals surface area (Å²) in [6.45, 7) is 12.4. The van der Waals surface area contributed by atoms with Crippen molar-refractivity contribution >= 4 is 24.8 Å². The molecule has 1 N–H and O–H groups in total. The summed E-state index contributed by atoms with van der Waals surface area (Å²) in [4.78, 5) is 2.63. The molecule has 1 saturated heterocycles. The summed E-state index contributed by atoms with van der Waals surface area (Å²) in [6.07, 6.45) is 1.06. The molecule has 22 heavy (non-hydrogen) atoms. The van der Waals surface area contributed by atoms with E-state index < -0.39 is 0 Å². The Morgan fingerprint density at radius 2 is 1.82 bits per heavy atom. The number of ether oxygens (including phenoxy) is 1. The Morgan fingerprint density at radius 3 is 2.45 bits per heavy atom. The summed E-state index contributed by atoms with van der Waals surface area (Å²) >= 11 is 0. The maximum Gasteiger partial charge on any atom is 0.122 e. The summed E-state index contributed by atoms with van der Waals surface area (Å²) in [7, 11) is 0. The van der Waals surface area contributed by atoms with E-state index in [-0.39, 0.29) is 30.2 Å². The van der Waals surface area contributed by atoms with Gasteiger partial charge in [0.2, 0.25) is 0 Å². The fraction of sp³-hybridized carbons (Fsp3) is 0.647. The highest BCUT2D eigenvalue weighted by Crippen LogP contribution is 2.40. The lowest BCUT2D eigenvalue weighted by atomic mass is 9.80. The second kappa shape index (κ2) is 7.87. The smallest absolute Gasteiger partial charge is 0.122 e. The zero-order valence-electron chi connectivity index (χ0n) is 13.7. The van der Waals surface area contributed by atoms with E-state index in [9.17, 15) is 0 Å². The van der Waals surface area contributed by atoms with Crippen molar-refractivity contribution < 1.29 is 4.74 Å². The number of hydrogen-bond acceptors (Lipinski definition) is 3. The van der Waals surface area contributed by atoms with Crippen LogP contribution >= 0.6 is 24.8 Å². The van der Waals surface area contributed by atoms with E-state index in [0.717, 1.165) is 45.0 Å². The maximum atomic E-state index is 5.64. The molecule has 0 aromatic heterocycles. The minimum atomic E-state index is 0. The second-order valence-electron chi connectivity index (χ2n) is 7.02. The molecule has 1 aromatic rings. The predicted octanol–water partition coefficient (Wildman–Crippen LogP) is 3.46. The molecule has 5 heteroatoms. The summed E-state index contributed by atoms with van der Waals surface area (Å²) in [5.41, 5.74) is 3.07. The molecule has 1 aromatic carbocycles.